The van der Waals surface area contributed by atoms with Crippen LogP contribution in [0, 0.1) is 0 Å². The first-order chi connectivity index (χ1) is 11.3. The highest BCUT2D eigenvalue weighted by Gasteiger charge is 2.33. The molecule has 4 rings (SSSR count). The third-order valence-electron chi connectivity index (χ3n) is 4.07. The van der Waals surface area contributed by atoms with E-state index in [1.54, 1.807) is 12.3 Å². The molecule has 0 spiro atoms. The summed E-state index contributed by atoms with van der Waals surface area (Å²) in [4.78, 5) is 12.2. The zero-order chi connectivity index (χ0) is 15.6. The minimum atomic E-state index is -0.235. The molecule has 2 heterocycles. The van der Waals surface area contributed by atoms with E-state index in [1.807, 2.05) is 41.2 Å². The molecule has 2 aromatic heterocycles. The van der Waals surface area contributed by atoms with E-state index in [4.69, 9.17) is 4.52 Å². The van der Waals surface area contributed by atoms with Crippen LogP contribution < -0.4 is 5.32 Å². The topological polar surface area (TPSA) is 85.8 Å². The highest BCUT2D eigenvalue weighted by Crippen LogP contribution is 2.31. The largest absolute Gasteiger partial charge is 0.350 e. The molecule has 23 heavy (non-hydrogen) atoms. The molecule has 1 saturated carbocycles. The molecule has 0 bridgehead atoms. The van der Waals surface area contributed by atoms with Crippen LogP contribution in [0.3, 0.4) is 0 Å². The smallest absolute Gasteiger partial charge is 0.290 e. The second-order valence-corrected chi connectivity index (χ2v) is 5.62. The molecule has 116 valence electrons. The lowest BCUT2D eigenvalue weighted by Crippen LogP contribution is -2.45. The van der Waals surface area contributed by atoms with Crippen molar-refractivity contribution in [3.05, 3.63) is 54.6 Å². The van der Waals surface area contributed by atoms with Gasteiger partial charge in [-0.05, 0) is 12.8 Å². The SMILES string of the molecule is O=C(N[C@H]1C[C@H](n2ccnn2)C1)c1cc(-c2ccccc2)no1. The summed E-state index contributed by atoms with van der Waals surface area (Å²) >= 11 is 0. The van der Waals surface area contributed by atoms with Gasteiger partial charge in [-0.2, -0.15) is 0 Å². The fraction of sp³-hybridized carbons (Fsp3) is 0.250. The molecule has 0 atom stereocenters. The Balaban J connectivity index is 1.36. The van der Waals surface area contributed by atoms with Crippen LogP contribution in [-0.4, -0.2) is 32.1 Å². The number of carbonyl (C=O) groups excluding carboxylic acids is 1. The van der Waals surface area contributed by atoms with Crippen LogP contribution in [0.25, 0.3) is 11.3 Å². The van der Waals surface area contributed by atoms with Gasteiger partial charge in [-0.1, -0.05) is 40.7 Å². The lowest BCUT2D eigenvalue weighted by Gasteiger charge is -2.35. The number of nitrogens with zero attached hydrogens (tertiary/aromatic N) is 4. The first-order valence-electron chi connectivity index (χ1n) is 7.48. The average molecular weight is 309 g/mol. The van der Waals surface area contributed by atoms with Crippen LogP contribution in [0.1, 0.15) is 29.4 Å². The molecule has 1 amide bonds. The highest BCUT2D eigenvalue weighted by atomic mass is 16.5. The maximum Gasteiger partial charge on any atom is 0.290 e. The van der Waals surface area contributed by atoms with Crippen LogP contribution >= 0.6 is 0 Å². The lowest BCUT2D eigenvalue weighted by molar-refractivity contribution is 0.0850. The predicted octanol–water partition coefficient (Wildman–Crippen LogP) is 2.07. The van der Waals surface area contributed by atoms with Crippen LogP contribution in [0.4, 0.5) is 0 Å². The summed E-state index contributed by atoms with van der Waals surface area (Å²) in [6, 6.07) is 11.7. The molecule has 7 heteroatoms. The molecule has 1 fully saturated rings. The minimum Gasteiger partial charge on any atom is -0.350 e. The number of hydrogen-bond donors (Lipinski definition) is 1. The van der Waals surface area contributed by atoms with Crippen molar-refractivity contribution in [2.24, 2.45) is 0 Å². The standard InChI is InChI=1S/C16H15N5O2/c22-16(18-12-8-13(9-12)21-7-6-17-20-21)15-10-14(19-23-15)11-4-2-1-3-5-11/h1-7,10,12-13H,8-9H2,(H,18,22)/t12-,13-. The molecule has 1 aromatic carbocycles. The number of hydrogen-bond acceptors (Lipinski definition) is 5. The molecule has 1 N–H and O–H groups in total. The maximum absolute atomic E-state index is 12.2. The quantitative estimate of drug-likeness (QED) is 0.797. The third kappa shape index (κ3) is 2.73. The van der Waals surface area contributed by atoms with Gasteiger partial charge in [0.05, 0.1) is 12.2 Å². The Hall–Kier alpha value is -2.96. The Morgan fingerprint density at radius 2 is 2.09 bits per heavy atom. The van der Waals surface area contributed by atoms with Crippen molar-refractivity contribution in [2.75, 3.05) is 0 Å². The zero-order valence-electron chi connectivity index (χ0n) is 12.3. The van der Waals surface area contributed by atoms with E-state index in [9.17, 15) is 4.79 Å². The average Bonchev–Trinajstić information content (AvgIpc) is 3.22. The third-order valence-corrected chi connectivity index (χ3v) is 4.07. The molecular formula is C16H15N5O2. The number of benzene rings is 1. The summed E-state index contributed by atoms with van der Waals surface area (Å²) in [5.74, 6) is -0.00483. The van der Waals surface area contributed by atoms with E-state index in [1.165, 1.54) is 0 Å². The van der Waals surface area contributed by atoms with Gasteiger partial charge in [-0.15, -0.1) is 5.10 Å². The molecule has 3 aromatic rings. The van der Waals surface area contributed by atoms with E-state index in [-0.39, 0.29) is 17.7 Å². The first kappa shape index (κ1) is 13.7. The van der Waals surface area contributed by atoms with Gasteiger partial charge >= 0.3 is 0 Å². The van der Waals surface area contributed by atoms with Crippen molar-refractivity contribution in [1.29, 1.82) is 0 Å². The predicted molar refractivity (Wildman–Crippen MR) is 81.5 cm³/mol. The van der Waals surface area contributed by atoms with E-state index >= 15 is 0 Å². The van der Waals surface area contributed by atoms with Crippen molar-refractivity contribution in [3.8, 4) is 11.3 Å². The van der Waals surface area contributed by atoms with Crippen LogP contribution in [0.5, 0.6) is 0 Å². The van der Waals surface area contributed by atoms with Gasteiger partial charge in [0.15, 0.2) is 0 Å². The maximum atomic E-state index is 12.2. The van der Waals surface area contributed by atoms with E-state index in [2.05, 4.69) is 20.8 Å². The monoisotopic (exact) mass is 309 g/mol. The van der Waals surface area contributed by atoms with Crippen LogP contribution in [0.15, 0.2) is 53.3 Å². The van der Waals surface area contributed by atoms with Crippen molar-refractivity contribution < 1.29 is 9.32 Å². The van der Waals surface area contributed by atoms with Crippen LogP contribution in [-0.2, 0) is 0 Å². The Morgan fingerprint density at radius 1 is 1.26 bits per heavy atom. The summed E-state index contributed by atoms with van der Waals surface area (Å²) in [5, 5.41) is 14.7. The fourth-order valence-electron chi connectivity index (χ4n) is 2.72. The molecule has 0 aliphatic heterocycles. The van der Waals surface area contributed by atoms with Gasteiger partial charge in [0, 0.05) is 23.9 Å². The molecule has 1 aliphatic carbocycles. The van der Waals surface area contributed by atoms with E-state index in [0.717, 1.165) is 18.4 Å². The molecule has 1 aliphatic rings. The normalized spacial score (nSPS) is 20.0. The number of amides is 1. The summed E-state index contributed by atoms with van der Waals surface area (Å²) in [7, 11) is 0. The lowest BCUT2D eigenvalue weighted by atomic mass is 9.87. The van der Waals surface area contributed by atoms with Gasteiger partial charge in [-0.3, -0.25) is 4.79 Å². The summed E-state index contributed by atoms with van der Waals surface area (Å²) in [6.07, 6.45) is 5.18. The second kappa shape index (κ2) is 5.68. The van der Waals surface area contributed by atoms with Crippen molar-refractivity contribution in [1.82, 2.24) is 25.5 Å². The molecule has 0 radical (unpaired) electrons. The zero-order valence-corrected chi connectivity index (χ0v) is 12.3. The molecular weight excluding hydrogens is 294 g/mol. The van der Waals surface area contributed by atoms with Crippen molar-refractivity contribution >= 4 is 5.91 Å². The molecule has 0 unspecified atom stereocenters. The van der Waals surface area contributed by atoms with E-state index < -0.39 is 0 Å². The van der Waals surface area contributed by atoms with Crippen molar-refractivity contribution in [3.63, 3.8) is 0 Å². The number of nitrogens with one attached hydrogen (secondary N) is 1. The fourth-order valence-corrected chi connectivity index (χ4v) is 2.72. The Kier molecular flexibility index (Phi) is 3.38. The summed E-state index contributed by atoms with van der Waals surface area (Å²) < 4.78 is 6.98. The number of aromatic nitrogens is 4. The summed E-state index contributed by atoms with van der Waals surface area (Å²) in [6.45, 7) is 0. The van der Waals surface area contributed by atoms with Crippen LogP contribution in [0.2, 0.25) is 0 Å². The van der Waals surface area contributed by atoms with Gasteiger partial charge in [0.1, 0.15) is 5.69 Å². The van der Waals surface area contributed by atoms with E-state index in [0.29, 0.717) is 11.7 Å². The molecule has 0 saturated heterocycles. The van der Waals surface area contributed by atoms with Gasteiger partial charge in [-0.25, -0.2) is 4.68 Å². The van der Waals surface area contributed by atoms with Gasteiger partial charge in [0.2, 0.25) is 5.76 Å². The Labute approximate surface area is 132 Å². The highest BCUT2D eigenvalue weighted by molar-refractivity contribution is 5.92. The Bertz CT molecular complexity index is 791. The van der Waals surface area contributed by atoms with Crippen molar-refractivity contribution in [2.45, 2.75) is 24.9 Å². The van der Waals surface area contributed by atoms with Gasteiger partial charge < -0.3 is 9.84 Å². The second-order valence-electron chi connectivity index (χ2n) is 5.62. The number of rotatable bonds is 4. The first-order valence-corrected chi connectivity index (χ1v) is 7.48. The van der Waals surface area contributed by atoms with Gasteiger partial charge in [0.25, 0.3) is 5.91 Å². The molecule has 7 nitrogen and oxygen atoms in total. The number of carbonyl (C=O) groups is 1. The summed E-state index contributed by atoms with van der Waals surface area (Å²) in [5.41, 5.74) is 1.58. The Morgan fingerprint density at radius 3 is 2.83 bits per heavy atom. The minimum absolute atomic E-state index is 0.127.